The average Bonchev–Trinajstić information content (AvgIpc) is 3.43. The van der Waals surface area contributed by atoms with Gasteiger partial charge >= 0.3 is 0 Å². The molecule has 0 aliphatic carbocycles. The Labute approximate surface area is 194 Å². The minimum absolute atomic E-state index is 0.252. The SMILES string of the molecule is C=C=C1[C@H](O)CCN1c1ccc(S(=O)(=O)N(c2nccs2)S(=O)(=O)c2ccc(F)cc2)cc1. The van der Waals surface area contributed by atoms with Crippen molar-refractivity contribution in [2.45, 2.75) is 22.3 Å². The van der Waals surface area contributed by atoms with E-state index < -0.39 is 36.9 Å². The highest BCUT2D eigenvalue weighted by Crippen LogP contribution is 2.34. The van der Waals surface area contributed by atoms with E-state index in [0.29, 0.717) is 24.4 Å². The van der Waals surface area contributed by atoms with Gasteiger partial charge in [-0.25, -0.2) is 9.37 Å². The van der Waals surface area contributed by atoms with Crippen LogP contribution in [0, 0.1) is 5.82 Å². The number of nitrogens with zero attached hydrogens (tertiary/aromatic N) is 3. The number of aliphatic hydroxyl groups excluding tert-OH is 1. The van der Waals surface area contributed by atoms with E-state index >= 15 is 0 Å². The molecule has 1 aromatic heterocycles. The van der Waals surface area contributed by atoms with E-state index in [4.69, 9.17) is 0 Å². The summed E-state index contributed by atoms with van der Waals surface area (Å²) in [4.78, 5) is 4.96. The first kappa shape index (κ1) is 23.1. The number of sulfonamides is 2. The molecule has 1 N–H and O–H groups in total. The molecule has 2 aromatic carbocycles. The number of thiazole rings is 1. The summed E-state index contributed by atoms with van der Waals surface area (Å²) in [6, 6.07) is 9.41. The Morgan fingerprint density at radius 2 is 1.64 bits per heavy atom. The minimum Gasteiger partial charge on any atom is -0.386 e. The van der Waals surface area contributed by atoms with Gasteiger partial charge in [0.25, 0.3) is 20.0 Å². The van der Waals surface area contributed by atoms with Crippen molar-refractivity contribution in [3.05, 3.63) is 83.9 Å². The maximum Gasteiger partial charge on any atom is 0.279 e. The molecule has 1 fully saturated rings. The van der Waals surface area contributed by atoms with E-state index in [1.165, 1.54) is 35.8 Å². The Kier molecular flexibility index (Phi) is 6.12. The zero-order valence-corrected chi connectivity index (χ0v) is 19.4. The van der Waals surface area contributed by atoms with Crippen molar-refractivity contribution in [2.75, 3.05) is 15.2 Å². The molecule has 0 spiro atoms. The van der Waals surface area contributed by atoms with Gasteiger partial charge < -0.3 is 10.0 Å². The van der Waals surface area contributed by atoms with E-state index in [2.05, 4.69) is 17.3 Å². The number of hydrogen-bond acceptors (Lipinski definition) is 8. The number of rotatable bonds is 6. The zero-order valence-electron chi connectivity index (χ0n) is 17.0. The molecule has 12 heteroatoms. The van der Waals surface area contributed by atoms with Crippen LogP contribution in [0.2, 0.25) is 0 Å². The fourth-order valence-corrected chi connectivity index (χ4v) is 8.10. The van der Waals surface area contributed by atoms with Crippen LogP contribution < -0.4 is 8.61 Å². The Bertz CT molecular complexity index is 1420. The van der Waals surface area contributed by atoms with Gasteiger partial charge in [0.15, 0.2) is 0 Å². The van der Waals surface area contributed by atoms with Crippen molar-refractivity contribution in [3.63, 3.8) is 0 Å². The molecule has 3 aromatic rings. The fourth-order valence-electron chi connectivity index (χ4n) is 3.41. The second kappa shape index (κ2) is 8.73. The summed E-state index contributed by atoms with van der Waals surface area (Å²) in [6.45, 7) is 4.07. The lowest BCUT2D eigenvalue weighted by atomic mass is 10.2. The zero-order chi connectivity index (χ0) is 23.8. The van der Waals surface area contributed by atoms with Crippen molar-refractivity contribution in [3.8, 4) is 0 Å². The van der Waals surface area contributed by atoms with E-state index in [1.807, 2.05) is 0 Å². The Morgan fingerprint density at radius 3 is 2.15 bits per heavy atom. The molecular weight excluding hydrogens is 489 g/mol. The van der Waals surface area contributed by atoms with Gasteiger partial charge in [0.05, 0.1) is 15.5 Å². The van der Waals surface area contributed by atoms with Crippen LogP contribution in [0.1, 0.15) is 6.42 Å². The summed E-state index contributed by atoms with van der Waals surface area (Å²) in [7, 11) is -9.24. The molecule has 8 nitrogen and oxygen atoms in total. The van der Waals surface area contributed by atoms with Gasteiger partial charge in [-0.05, 0) is 55.0 Å². The predicted molar refractivity (Wildman–Crippen MR) is 122 cm³/mol. The molecular formula is C21H18FN3O5S3. The average molecular weight is 508 g/mol. The topological polar surface area (TPSA) is 108 Å². The van der Waals surface area contributed by atoms with Crippen LogP contribution in [0.25, 0.3) is 0 Å². The molecule has 1 atom stereocenters. The van der Waals surface area contributed by atoms with E-state index in [-0.39, 0.29) is 13.7 Å². The lowest BCUT2D eigenvalue weighted by molar-refractivity contribution is 0.220. The molecule has 0 bridgehead atoms. The quantitative estimate of drug-likeness (QED) is 0.511. The Balaban J connectivity index is 1.77. The van der Waals surface area contributed by atoms with Gasteiger partial charge in [0.2, 0.25) is 5.13 Å². The van der Waals surface area contributed by atoms with Crippen molar-refractivity contribution in [1.29, 1.82) is 0 Å². The molecule has 172 valence electrons. The second-order valence-corrected chi connectivity index (χ2v) is 11.7. The fraction of sp³-hybridized carbons (Fsp3) is 0.143. The molecule has 33 heavy (non-hydrogen) atoms. The Morgan fingerprint density at radius 1 is 1.06 bits per heavy atom. The van der Waals surface area contributed by atoms with Gasteiger partial charge in [-0.2, -0.15) is 16.8 Å². The molecule has 2 heterocycles. The van der Waals surface area contributed by atoms with Crippen LogP contribution in [0.3, 0.4) is 0 Å². The first-order valence-corrected chi connectivity index (χ1v) is 13.3. The largest absolute Gasteiger partial charge is 0.386 e. The van der Waals surface area contributed by atoms with Crippen LogP contribution in [-0.4, -0.2) is 39.6 Å². The highest BCUT2D eigenvalue weighted by atomic mass is 32.3. The summed E-state index contributed by atoms with van der Waals surface area (Å²) in [5.41, 5.74) is 3.77. The normalized spacial score (nSPS) is 16.6. The molecule has 1 saturated heterocycles. The van der Waals surface area contributed by atoms with Crippen molar-refractivity contribution in [2.24, 2.45) is 0 Å². The first-order chi connectivity index (χ1) is 15.7. The second-order valence-electron chi connectivity index (χ2n) is 6.99. The monoisotopic (exact) mass is 507 g/mol. The highest BCUT2D eigenvalue weighted by molar-refractivity contribution is 8.10. The maximum absolute atomic E-state index is 13.5. The molecule has 0 unspecified atom stereocenters. The van der Waals surface area contributed by atoms with Gasteiger partial charge in [0, 0.05) is 23.8 Å². The molecule has 0 amide bonds. The maximum atomic E-state index is 13.5. The number of halogens is 1. The van der Waals surface area contributed by atoms with E-state index in [9.17, 15) is 26.3 Å². The van der Waals surface area contributed by atoms with Crippen LogP contribution in [0.4, 0.5) is 15.2 Å². The van der Waals surface area contributed by atoms with Crippen LogP contribution >= 0.6 is 11.3 Å². The Hall–Kier alpha value is -3.02. The van der Waals surface area contributed by atoms with Crippen molar-refractivity contribution >= 4 is 42.2 Å². The van der Waals surface area contributed by atoms with E-state index in [0.717, 1.165) is 35.6 Å². The smallest absolute Gasteiger partial charge is 0.279 e. The molecule has 0 saturated carbocycles. The lowest BCUT2D eigenvalue weighted by Gasteiger charge is -2.23. The predicted octanol–water partition coefficient (Wildman–Crippen LogP) is 3.11. The number of aliphatic hydroxyl groups is 1. The number of aromatic nitrogens is 1. The van der Waals surface area contributed by atoms with Crippen molar-refractivity contribution < 1.29 is 26.3 Å². The summed E-state index contributed by atoms with van der Waals surface area (Å²) in [5.74, 6) is -0.659. The van der Waals surface area contributed by atoms with Crippen LogP contribution in [-0.2, 0) is 20.0 Å². The van der Waals surface area contributed by atoms with Gasteiger partial charge in [-0.3, -0.25) is 0 Å². The minimum atomic E-state index is -4.63. The third kappa shape index (κ3) is 4.19. The van der Waals surface area contributed by atoms with Gasteiger partial charge in [-0.1, -0.05) is 6.58 Å². The van der Waals surface area contributed by atoms with Gasteiger partial charge in [0.1, 0.15) is 11.9 Å². The summed E-state index contributed by atoms with van der Waals surface area (Å²) in [6.07, 6.45) is 1.05. The molecule has 1 aliphatic heterocycles. The third-order valence-electron chi connectivity index (χ3n) is 4.98. The third-order valence-corrected chi connectivity index (χ3v) is 10.1. The lowest BCUT2D eigenvalue weighted by Crippen LogP contribution is -2.37. The van der Waals surface area contributed by atoms with Crippen LogP contribution in [0.15, 0.2) is 87.9 Å². The summed E-state index contributed by atoms with van der Waals surface area (Å²) < 4.78 is 67.1. The highest BCUT2D eigenvalue weighted by Gasteiger charge is 2.39. The number of benzene rings is 2. The summed E-state index contributed by atoms with van der Waals surface area (Å²) in [5, 5.41) is 11.2. The van der Waals surface area contributed by atoms with Crippen molar-refractivity contribution in [1.82, 2.24) is 4.98 Å². The molecule has 0 radical (unpaired) electrons. The van der Waals surface area contributed by atoms with Gasteiger partial charge in [-0.15, -0.1) is 20.8 Å². The standard InChI is InChI=1S/C21H18FN3O5S3/c1-2-19-20(26)11-13-24(19)16-5-9-18(10-6-16)33(29,30)25(21-23-12-14-31-21)32(27,28)17-7-3-15(22)4-8-17/h3-10,12,14,20,26H,1,11,13H2/t20-/m1/s1. The number of anilines is 2. The summed E-state index contributed by atoms with van der Waals surface area (Å²) >= 11 is 0.832. The van der Waals surface area contributed by atoms with E-state index in [1.54, 1.807) is 4.90 Å². The number of hydrogen-bond donors (Lipinski definition) is 1. The first-order valence-electron chi connectivity index (χ1n) is 9.57. The van der Waals surface area contributed by atoms with Crippen LogP contribution in [0.5, 0.6) is 0 Å². The molecule has 4 rings (SSSR count). The molecule has 1 aliphatic rings.